The molecule has 0 saturated heterocycles. The molecule has 37 heteroatoms. The summed E-state index contributed by atoms with van der Waals surface area (Å²) in [5.74, 6) is -9.24. The Labute approximate surface area is 569 Å². The van der Waals surface area contributed by atoms with Gasteiger partial charge in [-0.3, -0.25) is 62.3 Å². The molecule has 10 bridgehead atoms. The molecule has 100 heavy (non-hydrogen) atoms. The molecule has 0 unspecified atom stereocenters. The molecule has 0 fully saturated rings. The molecule has 0 saturated carbocycles. The molecule has 8 aromatic heterocycles. The van der Waals surface area contributed by atoms with Gasteiger partial charge in [-0.15, -0.1) is 0 Å². The fourth-order valence-corrected chi connectivity index (χ4v) is 10.9. The van der Waals surface area contributed by atoms with Crippen LogP contribution in [0.25, 0.3) is 0 Å². The molecule has 0 aliphatic carbocycles. The summed E-state index contributed by atoms with van der Waals surface area (Å²) in [6.45, 7) is 1.63. The maximum absolute atomic E-state index is 14.6. The maximum Gasteiger partial charge on any atom is 0.292 e. The number of anilines is 8. The molecule has 2 aliphatic heterocycles. The Bertz CT molecular complexity index is 4580. The van der Waals surface area contributed by atoms with E-state index >= 15 is 0 Å². The highest BCUT2D eigenvalue weighted by Crippen LogP contribution is 2.26. The lowest BCUT2D eigenvalue weighted by Gasteiger charge is -2.13. The fourth-order valence-electron chi connectivity index (χ4n) is 10.9. The van der Waals surface area contributed by atoms with Crippen molar-refractivity contribution in [2.24, 2.45) is 28.2 Å². The van der Waals surface area contributed by atoms with Crippen molar-refractivity contribution in [2.75, 3.05) is 95.9 Å². The van der Waals surface area contributed by atoms with Gasteiger partial charge in [-0.25, -0.2) is 19.3 Å². The van der Waals surface area contributed by atoms with E-state index in [-0.39, 0.29) is 144 Å². The van der Waals surface area contributed by atoms with E-state index in [9.17, 15) is 62.3 Å². The normalized spacial score (nSPS) is 14.3. The van der Waals surface area contributed by atoms with E-state index in [1.807, 2.05) is 19.0 Å². The monoisotopic (exact) mass is 1370 g/mol. The molecule has 13 amide bonds. The Morgan fingerprint density at radius 3 is 1.76 bits per heavy atom. The molecule has 2 aliphatic rings. The summed E-state index contributed by atoms with van der Waals surface area (Å²) in [5.41, 5.74) is 0.691. The molecule has 524 valence electrons. The second kappa shape index (κ2) is 30.5. The van der Waals surface area contributed by atoms with Crippen molar-refractivity contribution in [3.05, 3.63) is 132 Å². The molecule has 0 aromatic carbocycles. The van der Waals surface area contributed by atoms with Gasteiger partial charge in [0.15, 0.2) is 11.6 Å². The lowest BCUT2D eigenvalue weighted by Crippen LogP contribution is -2.32. The van der Waals surface area contributed by atoms with E-state index in [0.29, 0.717) is 12.2 Å². The number of carbonyl (C=O) groups is 13. The number of nitrogens with zero attached hydrogens (tertiary/aromatic N) is 11. The Hall–Kier alpha value is -12.8. The number of imidazole rings is 2. The second-order valence-electron chi connectivity index (χ2n) is 23.8. The summed E-state index contributed by atoms with van der Waals surface area (Å²) in [4.78, 5) is 189. The van der Waals surface area contributed by atoms with Gasteiger partial charge in [0.1, 0.15) is 34.2 Å². The minimum atomic E-state index is -0.948. The van der Waals surface area contributed by atoms with Crippen molar-refractivity contribution in [3.63, 3.8) is 0 Å². The van der Waals surface area contributed by atoms with Crippen molar-refractivity contribution >= 4 is 123 Å². The zero-order valence-electron chi connectivity index (χ0n) is 55.5. The Kier molecular flexibility index (Phi) is 21.3. The number of aromatic nitrogens is 10. The zero-order valence-corrected chi connectivity index (χ0v) is 55.5. The molecule has 37 nitrogen and oxygen atoms in total. The van der Waals surface area contributed by atoms with Crippen LogP contribution in [0.3, 0.4) is 0 Å². The molecule has 8 aromatic rings. The fraction of sp³-hybridized carbons (Fsp3) is 0.317. The highest BCUT2D eigenvalue weighted by Gasteiger charge is 2.28. The Balaban J connectivity index is 0.971. The molecule has 13 N–H and O–H groups in total. The van der Waals surface area contributed by atoms with Gasteiger partial charge in [-0.2, -0.15) is 0 Å². The van der Waals surface area contributed by atoms with Crippen LogP contribution >= 0.6 is 0 Å². The molecule has 10 rings (SSSR count). The summed E-state index contributed by atoms with van der Waals surface area (Å²) < 4.78 is 10.7. The van der Waals surface area contributed by atoms with Crippen LogP contribution in [-0.4, -0.2) is 182 Å². The molecule has 0 atom stereocenters. The zero-order chi connectivity index (χ0) is 71.6. The number of fused-ring (bicyclic) bond motifs is 9. The van der Waals surface area contributed by atoms with Crippen LogP contribution in [-0.2, 0) is 58.8 Å². The molecular formula is C63H74N24O13. The van der Waals surface area contributed by atoms with Gasteiger partial charge in [-0.1, -0.05) is 0 Å². The van der Waals surface area contributed by atoms with E-state index in [0.717, 1.165) is 22.3 Å². The lowest BCUT2D eigenvalue weighted by atomic mass is 10.3. The third-order valence-corrected chi connectivity index (χ3v) is 15.6. The van der Waals surface area contributed by atoms with Gasteiger partial charge >= 0.3 is 0 Å². The first-order chi connectivity index (χ1) is 47.7. The number of hydrogen-bond donors (Lipinski definition) is 13. The summed E-state index contributed by atoms with van der Waals surface area (Å²) in [7, 11) is 10.1. The Morgan fingerprint density at radius 1 is 0.470 bits per heavy atom. The third kappa shape index (κ3) is 17.2. The van der Waals surface area contributed by atoms with Crippen molar-refractivity contribution in [1.82, 2.24) is 78.2 Å². The topological polar surface area (TPSA) is 447 Å². The summed E-state index contributed by atoms with van der Waals surface area (Å²) >= 11 is 0. The molecular weight excluding hydrogens is 1300 g/mol. The highest BCUT2D eigenvalue weighted by molar-refractivity contribution is 6.09. The van der Waals surface area contributed by atoms with Crippen LogP contribution in [0.5, 0.6) is 0 Å². The molecule has 0 spiro atoms. The minimum Gasteiger partial charge on any atom is -0.356 e. The second-order valence-corrected chi connectivity index (χ2v) is 23.8. The Morgan fingerprint density at radius 2 is 1.06 bits per heavy atom. The predicted molar refractivity (Wildman–Crippen MR) is 362 cm³/mol. The summed E-state index contributed by atoms with van der Waals surface area (Å²) in [6, 6.07) is 8.21. The molecule has 0 radical (unpaired) electrons. The van der Waals surface area contributed by atoms with Crippen molar-refractivity contribution in [3.8, 4) is 0 Å². The minimum absolute atomic E-state index is 0.0201. The number of hydrogen-bond acceptors (Lipinski definition) is 16. The average molecular weight is 1380 g/mol. The van der Waals surface area contributed by atoms with Crippen LogP contribution in [0.2, 0.25) is 0 Å². The average Bonchev–Trinajstić information content (AvgIpc) is 1.63. The SMILES string of the molecule is CC(=O)Nc1cc(C(=O)Nc2cc3n(c2)Cn2cc(cc2C(=O)Nc2cc(C(=O)NCCC(=O)NCCCN(C)C)n(C)c2)NC(=O)CCNC(=O)c2nc4cn2-n2cc(cc2C(=O)Nc2cc(n(C)c2)C(=O)NCCCC(=O)Nc2cn(C)c(n2)C(=O)N4)NC(=O)CCNC3=O)n(C)c1. The van der Waals surface area contributed by atoms with E-state index in [2.05, 4.69) is 79.1 Å². The van der Waals surface area contributed by atoms with Gasteiger partial charge in [0.05, 0.1) is 53.2 Å². The number of aryl methyl sites for hydroxylation is 4. The molecule has 10 heterocycles. The van der Waals surface area contributed by atoms with Crippen molar-refractivity contribution < 1.29 is 62.3 Å². The lowest BCUT2D eigenvalue weighted by molar-refractivity contribution is -0.121. The third-order valence-electron chi connectivity index (χ3n) is 15.6. The maximum atomic E-state index is 14.6. The van der Waals surface area contributed by atoms with Crippen LogP contribution in [0.1, 0.15) is 130 Å². The van der Waals surface area contributed by atoms with Gasteiger partial charge in [-0.05, 0) is 69.9 Å². The van der Waals surface area contributed by atoms with Crippen LogP contribution < -0.4 is 69.1 Å². The summed E-state index contributed by atoms with van der Waals surface area (Å²) in [5, 5.41) is 35.2. The van der Waals surface area contributed by atoms with E-state index in [1.165, 1.54) is 127 Å². The number of carbonyl (C=O) groups excluding carboxylic acids is 13. The van der Waals surface area contributed by atoms with Gasteiger partial charge < -0.3 is 101 Å². The first-order valence-corrected chi connectivity index (χ1v) is 31.4. The standard InChI is InChI=1S/C63H74N24O13/c1-35(88)69-36-20-44(82(6)26-36)59(96)74-40-24-45-58(95)67-17-12-53(92)71-41-25-47-61(98)73-38-22-42(80(4)28-38)56(93)65-14-8-10-51(90)75-48-32-83(7)54(76-48)63(100)78-49-33-87(86(47)31-41)55(77-49)62(99)68-18-13-52(91)70-39-23-46(85(29-39)34-84(45)30-40)60(97)72-37-21-43(81(5)27-37)57(94)66-16-11-50(89)64-15-9-19-79(2)3/h20-33H,8-19,34H2,1-7H3,(H,64,89)(H,65,93)(H,66,94)(H,67,95)(H,68,99)(H,69,88)(H,70,91)(H,71,92)(H,72,97)(H,73,98)(H,74,96)(H,75,90)(H,78,100). The van der Waals surface area contributed by atoms with E-state index in [4.69, 9.17) is 0 Å². The van der Waals surface area contributed by atoms with Crippen LogP contribution in [0, 0.1) is 0 Å². The summed E-state index contributed by atoms with van der Waals surface area (Å²) in [6.07, 6.45) is 11.3. The van der Waals surface area contributed by atoms with Gasteiger partial charge in [0.25, 0.3) is 47.3 Å². The van der Waals surface area contributed by atoms with Crippen molar-refractivity contribution in [1.29, 1.82) is 0 Å². The number of rotatable bonds is 13. The predicted octanol–water partition coefficient (Wildman–Crippen LogP) is 1.30. The smallest absolute Gasteiger partial charge is 0.292 e. The van der Waals surface area contributed by atoms with Gasteiger partial charge in [0, 0.05) is 131 Å². The first kappa shape index (κ1) is 70.0. The van der Waals surface area contributed by atoms with E-state index in [1.54, 1.807) is 21.1 Å². The highest BCUT2D eigenvalue weighted by atomic mass is 16.2. The number of amides is 13. The first-order valence-electron chi connectivity index (χ1n) is 31.4. The van der Waals surface area contributed by atoms with Crippen molar-refractivity contribution in [2.45, 2.75) is 52.1 Å². The van der Waals surface area contributed by atoms with Gasteiger partial charge in [0.2, 0.25) is 41.2 Å². The van der Waals surface area contributed by atoms with Crippen LogP contribution in [0.15, 0.2) is 86.0 Å². The van der Waals surface area contributed by atoms with E-state index < -0.39 is 83.6 Å². The quantitative estimate of drug-likeness (QED) is 0.0724. The number of nitrogens with one attached hydrogen (secondary N) is 13. The van der Waals surface area contributed by atoms with Crippen LogP contribution in [0.4, 0.5) is 45.8 Å². The largest absolute Gasteiger partial charge is 0.356 e.